The molecule has 18 atom stereocenters. The molecule has 16 heteroatoms. The van der Waals surface area contributed by atoms with Gasteiger partial charge in [0, 0.05) is 57.9 Å². The van der Waals surface area contributed by atoms with E-state index in [0.29, 0.717) is 13.0 Å². The first-order valence-corrected chi connectivity index (χ1v) is 21.6. The van der Waals surface area contributed by atoms with Crippen LogP contribution < -0.4 is 5.32 Å². The topological polar surface area (TPSA) is 190 Å². The van der Waals surface area contributed by atoms with E-state index < -0.39 is 108 Å². The summed E-state index contributed by atoms with van der Waals surface area (Å²) in [6, 6.07) is -0.297. The lowest BCUT2D eigenvalue weighted by Gasteiger charge is -2.50. The van der Waals surface area contributed by atoms with Gasteiger partial charge in [-0.3, -0.25) is 19.7 Å². The lowest BCUT2D eigenvalue weighted by atomic mass is 9.73. The van der Waals surface area contributed by atoms with Crippen LogP contribution in [0.15, 0.2) is 12.7 Å². The molecule has 3 rings (SSSR count). The van der Waals surface area contributed by atoms with Crippen LogP contribution in [0.25, 0.3) is 0 Å². The molecule has 0 aromatic heterocycles. The summed E-state index contributed by atoms with van der Waals surface area (Å²) in [4.78, 5) is 43.2. The summed E-state index contributed by atoms with van der Waals surface area (Å²) in [5.41, 5.74) is -4.12. The van der Waals surface area contributed by atoms with Crippen molar-refractivity contribution in [3.8, 4) is 0 Å². The summed E-state index contributed by atoms with van der Waals surface area (Å²) in [6.07, 6.45) is -6.41. The van der Waals surface area contributed by atoms with Gasteiger partial charge in [-0.15, -0.1) is 6.58 Å². The molecule has 3 saturated heterocycles. The maximum Gasteiger partial charge on any atom is 0.311 e. The molecular weight excluding hydrogens is 780 g/mol. The number of nitrogens with one attached hydrogen (secondary N) is 1. The van der Waals surface area contributed by atoms with Crippen molar-refractivity contribution in [3.63, 3.8) is 0 Å². The Morgan fingerprint density at radius 2 is 1.57 bits per heavy atom. The van der Waals surface area contributed by atoms with Gasteiger partial charge in [0.15, 0.2) is 18.7 Å². The van der Waals surface area contributed by atoms with Gasteiger partial charge < -0.3 is 57.7 Å². The highest BCUT2D eigenvalue weighted by molar-refractivity contribution is 5.83. The molecule has 3 fully saturated rings. The normalized spacial score (nSPS) is 43.9. The zero-order valence-electron chi connectivity index (χ0n) is 38.9. The van der Waals surface area contributed by atoms with E-state index in [-0.39, 0.29) is 43.9 Å². The van der Waals surface area contributed by atoms with Crippen molar-refractivity contribution >= 4 is 17.7 Å². The van der Waals surface area contributed by atoms with E-state index in [1.807, 2.05) is 39.8 Å². The van der Waals surface area contributed by atoms with Gasteiger partial charge in [-0.05, 0) is 74.9 Å². The smallest absolute Gasteiger partial charge is 0.311 e. The number of aliphatic hydroxyl groups excluding tert-OH is 1. The first-order chi connectivity index (χ1) is 27.9. The zero-order valence-corrected chi connectivity index (χ0v) is 38.9. The van der Waals surface area contributed by atoms with E-state index in [1.165, 1.54) is 28.1 Å². The van der Waals surface area contributed by atoms with Crippen LogP contribution in [0.1, 0.15) is 102 Å². The molecule has 0 radical (unpaired) electrons. The van der Waals surface area contributed by atoms with Gasteiger partial charge in [0.1, 0.15) is 35.3 Å². The molecule has 0 bridgehead atoms. The quantitative estimate of drug-likeness (QED) is 0.0990. The van der Waals surface area contributed by atoms with Gasteiger partial charge in [-0.2, -0.15) is 0 Å². The number of carbonyl (C=O) groups is 3. The predicted molar refractivity (Wildman–Crippen MR) is 223 cm³/mol. The number of methoxy groups -OCH3 is 2. The van der Waals surface area contributed by atoms with Crippen molar-refractivity contribution in [2.24, 2.45) is 23.7 Å². The van der Waals surface area contributed by atoms with E-state index in [4.69, 9.17) is 42.6 Å². The molecule has 0 spiro atoms. The third-order valence-corrected chi connectivity index (χ3v) is 13.1. The molecule has 1 unspecified atom stereocenters. The molecule has 0 saturated carbocycles. The second-order valence-corrected chi connectivity index (χ2v) is 18.2. The van der Waals surface area contributed by atoms with Crippen molar-refractivity contribution in [2.45, 2.75) is 186 Å². The van der Waals surface area contributed by atoms with Crippen molar-refractivity contribution in [3.05, 3.63) is 12.7 Å². The number of cyclic esters (lactones) is 1. The average Bonchev–Trinajstić information content (AvgIpc) is 3.18. The molecule has 348 valence electrons. The van der Waals surface area contributed by atoms with E-state index in [1.54, 1.807) is 47.6 Å². The largest absolute Gasteiger partial charge is 0.459 e. The Morgan fingerprint density at radius 3 is 2.12 bits per heavy atom. The number of ether oxygens (including phenoxy) is 9. The van der Waals surface area contributed by atoms with Gasteiger partial charge in [-0.1, -0.05) is 33.8 Å². The molecule has 3 aliphatic rings. The van der Waals surface area contributed by atoms with E-state index >= 15 is 0 Å². The Labute approximate surface area is 358 Å². The number of esters is 2. The summed E-state index contributed by atoms with van der Waals surface area (Å²) in [5.74, 6) is -4.66. The lowest BCUT2D eigenvalue weighted by Crippen LogP contribution is -2.62. The van der Waals surface area contributed by atoms with Crippen LogP contribution in [0.4, 0.5) is 0 Å². The maximum absolute atomic E-state index is 14.6. The third kappa shape index (κ3) is 12.1. The Hall–Kier alpha value is -2.09. The number of ketones is 1. The van der Waals surface area contributed by atoms with Crippen molar-refractivity contribution < 1.29 is 67.2 Å². The number of carbonyl (C=O) groups excluding carboxylic acids is 3. The number of aliphatic hydroxyl groups is 2. The minimum absolute atomic E-state index is 0.00660. The van der Waals surface area contributed by atoms with Gasteiger partial charge >= 0.3 is 11.9 Å². The number of Topliss-reactive ketones (excluding diaryl/α,β-unsaturated/α-hetero) is 1. The minimum atomic E-state index is -1.82. The molecule has 0 amide bonds. The Morgan fingerprint density at radius 1 is 0.950 bits per heavy atom. The standard InChI is InChI=1S/C44H78N2O14/c1-17-19-45-23-54-38-26(5)34(48)24(3)21-42(10,52-15)37(60-41-35(49)31(46(13)14)20-25(4)55-41)27(6)36(28(7)40(50)58-32(18-2)44(38,12)51)59-33-22-43(11,53-16)39(29(8)56-33)57-30(9)47/h17,24-29,31-33,35-39,41,45,49,51H,1,18-23H2,2-16H3/t24-,25-,26-,27+,28-,29+,31+,32+,33?,35-,36+,37-,38-,39+,41+,42+,43-,44-/m1/s1. The van der Waals surface area contributed by atoms with Gasteiger partial charge in [-0.25, -0.2) is 0 Å². The van der Waals surface area contributed by atoms with Crippen LogP contribution in [0, 0.1) is 23.7 Å². The minimum Gasteiger partial charge on any atom is -0.459 e. The molecule has 3 aliphatic heterocycles. The Kier molecular flexibility index (Phi) is 19.2. The van der Waals surface area contributed by atoms with Crippen molar-refractivity contribution in [2.75, 3.05) is 41.6 Å². The number of nitrogens with zero attached hydrogens (tertiary/aromatic N) is 1. The predicted octanol–water partition coefficient (Wildman–Crippen LogP) is 3.77. The molecule has 0 aromatic carbocycles. The first-order valence-electron chi connectivity index (χ1n) is 21.6. The summed E-state index contributed by atoms with van der Waals surface area (Å²) in [5, 5.41) is 27.1. The van der Waals surface area contributed by atoms with Crippen LogP contribution in [-0.4, -0.2) is 159 Å². The van der Waals surface area contributed by atoms with Gasteiger partial charge in [0.2, 0.25) is 0 Å². The van der Waals surface area contributed by atoms with E-state index in [0.717, 1.165) is 0 Å². The number of hydrogen-bond donors (Lipinski definition) is 3. The van der Waals surface area contributed by atoms with Crippen molar-refractivity contribution in [1.82, 2.24) is 10.2 Å². The first kappa shape index (κ1) is 52.3. The molecule has 3 heterocycles. The second-order valence-electron chi connectivity index (χ2n) is 18.2. The fourth-order valence-electron chi connectivity index (χ4n) is 9.58. The summed E-state index contributed by atoms with van der Waals surface area (Å²) in [6.45, 7) is 23.1. The third-order valence-electron chi connectivity index (χ3n) is 13.1. The molecular formula is C44H78N2O14. The molecule has 60 heavy (non-hydrogen) atoms. The highest BCUT2D eigenvalue weighted by Gasteiger charge is 2.55. The van der Waals surface area contributed by atoms with Crippen LogP contribution in [0.5, 0.6) is 0 Å². The Bertz CT molecular complexity index is 1420. The van der Waals surface area contributed by atoms with Crippen molar-refractivity contribution in [1.29, 1.82) is 0 Å². The Balaban J connectivity index is 2.25. The van der Waals surface area contributed by atoms with E-state index in [2.05, 4.69) is 11.9 Å². The van der Waals surface area contributed by atoms with Crippen LogP contribution in [0.2, 0.25) is 0 Å². The van der Waals surface area contributed by atoms with Crippen LogP contribution in [0.3, 0.4) is 0 Å². The molecule has 0 aliphatic carbocycles. The number of likely N-dealkylation sites (N-methyl/N-ethyl adjacent to an activating group) is 1. The molecule has 16 nitrogen and oxygen atoms in total. The lowest BCUT2D eigenvalue weighted by molar-refractivity contribution is -0.320. The fourth-order valence-corrected chi connectivity index (χ4v) is 9.58. The highest BCUT2D eigenvalue weighted by atomic mass is 16.7. The van der Waals surface area contributed by atoms with E-state index in [9.17, 15) is 24.6 Å². The number of hydrogen-bond acceptors (Lipinski definition) is 16. The molecule has 0 aromatic rings. The molecule has 3 N–H and O–H groups in total. The maximum atomic E-state index is 14.6. The fraction of sp³-hybridized carbons (Fsp3) is 0.886. The van der Waals surface area contributed by atoms with Gasteiger partial charge in [0.25, 0.3) is 0 Å². The summed E-state index contributed by atoms with van der Waals surface area (Å²) < 4.78 is 56.9. The highest BCUT2D eigenvalue weighted by Crippen LogP contribution is 2.42. The summed E-state index contributed by atoms with van der Waals surface area (Å²) >= 11 is 0. The second kappa shape index (κ2) is 22.0. The SMILES string of the molecule is C=CCNCO[C@@H]1[C@H](C)C(=O)[C@H](C)C[C@](C)(OC)[C@H](O[C@@H]2O[C@H](C)C[C@H](N(C)C)[C@H]2O)[C@@H](C)[C@H](OC2C[C@@](C)(OC)[C@@H](OC(C)=O)[C@H](C)O2)[C@@H](C)C(=O)O[C@@H](CC)[C@@]1(C)O. The summed E-state index contributed by atoms with van der Waals surface area (Å²) in [7, 11) is 6.82. The van der Waals surface area contributed by atoms with Gasteiger partial charge in [0.05, 0.1) is 42.7 Å². The average molecular weight is 859 g/mol. The van der Waals surface area contributed by atoms with Crippen LogP contribution >= 0.6 is 0 Å². The monoisotopic (exact) mass is 859 g/mol. The zero-order chi connectivity index (χ0) is 45.5. The van der Waals surface area contributed by atoms with Crippen LogP contribution in [-0.2, 0) is 57.0 Å². The number of rotatable bonds is 14.